The van der Waals surface area contributed by atoms with Gasteiger partial charge in [0.15, 0.2) is 0 Å². The monoisotopic (exact) mass is 282 g/mol. The van der Waals surface area contributed by atoms with Crippen molar-refractivity contribution in [1.29, 1.82) is 0 Å². The van der Waals surface area contributed by atoms with E-state index in [4.69, 9.17) is 10.5 Å². The second-order valence-electron chi connectivity index (χ2n) is 5.38. The molecule has 0 radical (unpaired) electrons. The zero-order valence-electron chi connectivity index (χ0n) is 11.9. The first-order valence-corrected chi connectivity index (χ1v) is 7.02. The van der Waals surface area contributed by atoms with E-state index in [9.17, 15) is 4.79 Å². The quantitative estimate of drug-likeness (QED) is 0.905. The van der Waals surface area contributed by atoms with Crippen LogP contribution in [0.5, 0.6) is 5.75 Å². The number of fused-ring (bicyclic) bond motifs is 1. The van der Waals surface area contributed by atoms with E-state index in [2.05, 4.69) is 24.4 Å². The Balaban J connectivity index is 1.58. The number of anilines is 1. The molecule has 21 heavy (non-hydrogen) atoms. The molecule has 0 aliphatic carbocycles. The second-order valence-corrected chi connectivity index (χ2v) is 5.38. The van der Waals surface area contributed by atoms with Gasteiger partial charge in [0.25, 0.3) is 0 Å². The largest absolute Gasteiger partial charge is 0.488 e. The Morgan fingerprint density at radius 2 is 2.05 bits per heavy atom. The Bertz CT molecular complexity index is 665. The van der Waals surface area contributed by atoms with Crippen molar-refractivity contribution in [2.24, 2.45) is 5.73 Å². The number of primary amides is 1. The van der Waals surface area contributed by atoms with Crippen LogP contribution in [0.4, 0.5) is 5.69 Å². The molecule has 2 aromatic carbocycles. The summed E-state index contributed by atoms with van der Waals surface area (Å²) < 4.78 is 5.91. The van der Waals surface area contributed by atoms with Gasteiger partial charge in [0.1, 0.15) is 11.9 Å². The number of carbonyl (C=O) groups excluding carboxylic acids is 1. The van der Waals surface area contributed by atoms with Crippen molar-refractivity contribution in [2.45, 2.75) is 19.4 Å². The summed E-state index contributed by atoms with van der Waals surface area (Å²) in [4.78, 5) is 11.0. The van der Waals surface area contributed by atoms with Gasteiger partial charge in [-0.15, -0.1) is 0 Å². The molecule has 0 aromatic heterocycles. The fourth-order valence-electron chi connectivity index (χ4n) is 2.55. The van der Waals surface area contributed by atoms with E-state index in [-0.39, 0.29) is 6.10 Å². The van der Waals surface area contributed by atoms with Gasteiger partial charge in [-0.2, -0.15) is 0 Å². The molecule has 0 bridgehead atoms. The van der Waals surface area contributed by atoms with Crippen molar-refractivity contribution < 1.29 is 9.53 Å². The summed E-state index contributed by atoms with van der Waals surface area (Å²) >= 11 is 0. The van der Waals surface area contributed by atoms with E-state index in [0.29, 0.717) is 5.56 Å². The van der Waals surface area contributed by atoms with Gasteiger partial charge in [0.05, 0.1) is 6.54 Å². The minimum atomic E-state index is -0.411. The highest BCUT2D eigenvalue weighted by atomic mass is 16.5. The molecule has 1 unspecified atom stereocenters. The maximum absolute atomic E-state index is 11.0. The van der Waals surface area contributed by atoms with Crippen LogP contribution in [-0.2, 0) is 6.42 Å². The van der Waals surface area contributed by atoms with Gasteiger partial charge in [0.2, 0.25) is 5.91 Å². The molecular formula is C17H18N2O2. The molecule has 0 saturated heterocycles. The summed E-state index contributed by atoms with van der Waals surface area (Å²) in [6, 6.07) is 13.4. The third-order valence-electron chi connectivity index (χ3n) is 3.66. The smallest absolute Gasteiger partial charge is 0.248 e. The summed E-state index contributed by atoms with van der Waals surface area (Å²) in [5.74, 6) is 0.572. The van der Waals surface area contributed by atoms with Gasteiger partial charge < -0.3 is 15.8 Å². The summed E-state index contributed by atoms with van der Waals surface area (Å²) in [6.45, 7) is 2.82. The third-order valence-corrected chi connectivity index (χ3v) is 3.66. The van der Waals surface area contributed by atoms with Gasteiger partial charge in [-0.25, -0.2) is 0 Å². The summed E-state index contributed by atoms with van der Waals surface area (Å²) in [6.07, 6.45) is 1.06. The highest BCUT2D eigenvalue weighted by Crippen LogP contribution is 2.29. The average Bonchev–Trinajstić information content (AvgIpc) is 2.87. The lowest BCUT2D eigenvalue weighted by Gasteiger charge is -2.13. The molecule has 1 heterocycles. The van der Waals surface area contributed by atoms with Crippen LogP contribution in [0, 0.1) is 6.92 Å². The molecule has 0 saturated carbocycles. The predicted octanol–water partition coefficient (Wildman–Crippen LogP) is 2.51. The fraction of sp³-hybridized carbons (Fsp3) is 0.235. The Morgan fingerprint density at radius 1 is 1.29 bits per heavy atom. The number of carbonyl (C=O) groups is 1. The number of aryl methyl sites for hydroxylation is 1. The lowest BCUT2D eigenvalue weighted by atomic mass is 10.1. The third kappa shape index (κ3) is 2.99. The first-order chi connectivity index (χ1) is 10.1. The zero-order chi connectivity index (χ0) is 14.8. The lowest BCUT2D eigenvalue weighted by molar-refractivity contribution is 0.100. The molecular weight excluding hydrogens is 264 g/mol. The van der Waals surface area contributed by atoms with E-state index in [1.54, 1.807) is 12.1 Å². The number of nitrogens with two attached hydrogens (primary N) is 1. The Labute approximate surface area is 123 Å². The van der Waals surface area contributed by atoms with Gasteiger partial charge in [0, 0.05) is 17.7 Å². The molecule has 2 aromatic rings. The summed E-state index contributed by atoms with van der Waals surface area (Å²) in [5, 5.41) is 3.33. The number of nitrogens with one attached hydrogen (secondary N) is 1. The van der Waals surface area contributed by atoms with Crippen LogP contribution >= 0.6 is 0 Å². The van der Waals surface area contributed by atoms with Crippen LogP contribution in [-0.4, -0.2) is 18.6 Å². The standard InChI is InChI=1S/C17H18N2O2/c1-11-2-7-16-13(8-11)9-15(21-16)10-19-14-5-3-12(4-6-14)17(18)20/h2-8,15,19H,9-10H2,1H3,(H2,18,20). The van der Waals surface area contributed by atoms with Crippen molar-refractivity contribution >= 4 is 11.6 Å². The number of hydrogen-bond acceptors (Lipinski definition) is 3. The molecule has 1 atom stereocenters. The van der Waals surface area contributed by atoms with Crippen molar-refractivity contribution in [2.75, 3.05) is 11.9 Å². The van der Waals surface area contributed by atoms with Crippen molar-refractivity contribution in [1.82, 2.24) is 0 Å². The lowest BCUT2D eigenvalue weighted by Crippen LogP contribution is -2.24. The number of ether oxygens (including phenoxy) is 1. The molecule has 3 N–H and O–H groups in total. The Morgan fingerprint density at radius 3 is 2.76 bits per heavy atom. The van der Waals surface area contributed by atoms with Crippen LogP contribution in [0.2, 0.25) is 0 Å². The Kier molecular flexibility index (Phi) is 3.52. The number of rotatable bonds is 4. The molecule has 108 valence electrons. The zero-order valence-corrected chi connectivity index (χ0v) is 11.9. The molecule has 0 fully saturated rings. The average molecular weight is 282 g/mol. The number of benzene rings is 2. The van der Waals surface area contributed by atoms with Gasteiger partial charge >= 0.3 is 0 Å². The second kappa shape index (κ2) is 5.48. The Hall–Kier alpha value is -2.49. The topological polar surface area (TPSA) is 64.3 Å². The van der Waals surface area contributed by atoms with E-state index in [1.807, 2.05) is 18.2 Å². The van der Waals surface area contributed by atoms with E-state index >= 15 is 0 Å². The first kappa shape index (κ1) is 13.5. The summed E-state index contributed by atoms with van der Waals surface area (Å²) in [7, 11) is 0. The van der Waals surface area contributed by atoms with Crippen LogP contribution in [0.25, 0.3) is 0 Å². The fourth-order valence-corrected chi connectivity index (χ4v) is 2.55. The van der Waals surface area contributed by atoms with E-state index in [0.717, 1.165) is 24.4 Å². The first-order valence-electron chi connectivity index (χ1n) is 7.02. The summed E-state index contributed by atoms with van der Waals surface area (Å²) in [5.41, 5.74) is 9.21. The van der Waals surface area contributed by atoms with Crippen molar-refractivity contribution in [3.05, 3.63) is 59.2 Å². The minimum absolute atomic E-state index is 0.137. The highest BCUT2D eigenvalue weighted by Gasteiger charge is 2.22. The molecule has 1 aliphatic rings. The SMILES string of the molecule is Cc1ccc2c(c1)CC(CNc1ccc(C(N)=O)cc1)O2. The van der Waals surface area contributed by atoms with Gasteiger partial charge in [-0.1, -0.05) is 17.7 Å². The van der Waals surface area contributed by atoms with Crippen molar-refractivity contribution in [3.63, 3.8) is 0 Å². The number of amides is 1. The van der Waals surface area contributed by atoms with Crippen LogP contribution in [0.3, 0.4) is 0 Å². The molecule has 4 nitrogen and oxygen atoms in total. The molecule has 3 rings (SSSR count). The van der Waals surface area contributed by atoms with Crippen LogP contribution in [0.15, 0.2) is 42.5 Å². The van der Waals surface area contributed by atoms with E-state index in [1.165, 1.54) is 11.1 Å². The maximum atomic E-state index is 11.0. The number of hydrogen-bond donors (Lipinski definition) is 2. The molecule has 1 amide bonds. The normalized spacial score (nSPS) is 16.1. The van der Waals surface area contributed by atoms with Crippen LogP contribution in [0.1, 0.15) is 21.5 Å². The molecule has 1 aliphatic heterocycles. The van der Waals surface area contributed by atoms with E-state index < -0.39 is 5.91 Å². The van der Waals surface area contributed by atoms with Gasteiger partial charge in [-0.3, -0.25) is 4.79 Å². The molecule has 0 spiro atoms. The maximum Gasteiger partial charge on any atom is 0.248 e. The van der Waals surface area contributed by atoms with Crippen molar-refractivity contribution in [3.8, 4) is 5.75 Å². The van der Waals surface area contributed by atoms with Gasteiger partial charge in [-0.05, 0) is 42.8 Å². The minimum Gasteiger partial charge on any atom is -0.488 e. The van der Waals surface area contributed by atoms with Crippen LogP contribution < -0.4 is 15.8 Å². The highest BCUT2D eigenvalue weighted by molar-refractivity contribution is 5.93. The molecule has 4 heteroatoms. The predicted molar refractivity (Wildman–Crippen MR) is 82.7 cm³/mol.